The number of carbonyl (C=O) groups excluding carboxylic acids is 2. The summed E-state index contributed by atoms with van der Waals surface area (Å²) in [7, 11) is 1.56. The van der Waals surface area contributed by atoms with Gasteiger partial charge in [0.2, 0.25) is 11.8 Å². The molecule has 9 nitrogen and oxygen atoms in total. The third-order valence-electron chi connectivity index (χ3n) is 7.14. The topological polar surface area (TPSA) is 118 Å². The SMILES string of the molecule is CC[C@@H](CC(=O)N1C/C(=N/Oc2ccccc2)CCC(Cc2cc(Cl)ccc2OC)C1=O)c1ccc(C(=O)O)cn1. The molecule has 3 aromatic rings. The predicted molar refractivity (Wildman–Crippen MR) is 155 cm³/mol. The number of amides is 2. The molecule has 1 N–H and O–H groups in total. The zero-order chi connectivity index (χ0) is 29.4. The summed E-state index contributed by atoms with van der Waals surface area (Å²) in [4.78, 5) is 50.0. The second kappa shape index (κ2) is 13.9. The van der Waals surface area contributed by atoms with Crippen LogP contribution in [0, 0.1) is 5.92 Å². The monoisotopic (exact) mass is 577 g/mol. The van der Waals surface area contributed by atoms with Crippen LogP contribution in [0.1, 0.15) is 60.1 Å². The number of carbonyl (C=O) groups is 3. The zero-order valence-electron chi connectivity index (χ0n) is 23.0. The van der Waals surface area contributed by atoms with E-state index in [9.17, 15) is 19.5 Å². The summed E-state index contributed by atoms with van der Waals surface area (Å²) < 4.78 is 5.49. The number of imide groups is 1. The van der Waals surface area contributed by atoms with Crippen molar-refractivity contribution in [2.45, 2.75) is 44.9 Å². The molecule has 2 heterocycles. The number of benzene rings is 2. The Morgan fingerprint density at radius 1 is 1.17 bits per heavy atom. The van der Waals surface area contributed by atoms with Gasteiger partial charge in [-0.15, -0.1) is 0 Å². The number of carboxylic acids is 1. The number of halogens is 1. The minimum atomic E-state index is -1.07. The Kier molecular flexibility index (Phi) is 10.1. The normalized spacial score (nSPS) is 17.1. The quantitative estimate of drug-likeness (QED) is 0.304. The van der Waals surface area contributed by atoms with Gasteiger partial charge in [-0.2, -0.15) is 0 Å². The number of hydrogen-bond donors (Lipinski definition) is 1. The largest absolute Gasteiger partial charge is 0.496 e. The zero-order valence-corrected chi connectivity index (χ0v) is 23.7. The molecule has 1 fully saturated rings. The van der Waals surface area contributed by atoms with Crippen LogP contribution in [-0.2, 0) is 16.0 Å². The molecule has 0 saturated carbocycles. The molecule has 0 aliphatic carbocycles. The summed E-state index contributed by atoms with van der Waals surface area (Å²) in [5.74, 6) is -1.37. The molecule has 2 atom stereocenters. The third-order valence-corrected chi connectivity index (χ3v) is 7.37. The number of likely N-dealkylation sites (tertiary alicyclic amines) is 1. The predicted octanol–water partition coefficient (Wildman–Crippen LogP) is 5.77. The number of hydrogen-bond acceptors (Lipinski definition) is 7. The fourth-order valence-corrected chi connectivity index (χ4v) is 5.02. The van der Waals surface area contributed by atoms with Gasteiger partial charge in [0.15, 0.2) is 5.75 Å². The van der Waals surface area contributed by atoms with Crippen molar-refractivity contribution in [3.63, 3.8) is 0 Å². The molecular formula is C31H32ClN3O6. The summed E-state index contributed by atoms with van der Waals surface area (Å²) >= 11 is 6.24. The van der Waals surface area contributed by atoms with E-state index >= 15 is 0 Å². The van der Waals surface area contributed by atoms with Gasteiger partial charge in [0, 0.05) is 35.2 Å². The lowest BCUT2D eigenvalue weighted by molar-refractivity contribution is -0.146. The molecule has 4 rings (SSSR count). The van der Waals surface area contributed by atoms with Crippen molar-refractivity contribution in [1.82, 2.24) is 9.88 Å². The van der Waals surface area contributed by atoms with E-state index in [0.29, 0.717) is 53.6 Å². The number of methoxy groups -OCH3 is 1. The first-order valence-corrected chi connectivity index (χ1v) is 13.8. The number of pyridine rings is 1. The standard InChI is InChI=1S/C31H32ClN3O6/c1-3-20(27-13-10-22(18-33-27)31(38)39)17-29(36)35-19-25(34-41-26-7-5-4-6-8-26)12-9-21(30(35)37)15-23-16-24(32)11-14-28(23)40-2/h4-8,10-11,13-14,16,18,20-21H,3,9,12,15,17,19H2,1-2H3,(H,38,39)/b34-25+/t20-,21?/m0/s1. The van der Waals surface area contributed by atoms with Crippen LogP contribution in [0.4, 0.5) is 0 Å². The van der Waals surface area contributed by atoms with Gasteiger partial charge >= 0.3 is 5.97 Å². The molecule has 1 aliphatic heterocycles. The summed E-state index contributed by atoms with van der Waals surface area (Å²) in [5.41, 5.74) is 2.01. The first kappa shape index (κ1) is 29.7. The summed E-state index contributed by atoms with van der Waals surface area (Å²) in [6.07, 6.45) is 3.16. The molecule has 0 radical (unpaired) electrons. The van der Waals surface area contributed by atoms with Crippen molar-refractivity contribution in [3.8, 4) is 11.5 Å². The highest BCUT2D eigenvalue weighted by Gasteiger charge is 2.35. The van der Waals surface area contributed by atoms with E-state index in [0.717, 1.165) is 5.56 Å². The highest BCUT2D eigenvalue weighted by atomic mass is 35.5. The molecule has 10 heteroatoms. The van der Waals surface area contributed by atoms with E-state index < -0.39 is 11.9 Å². The maximum absolute atomic E-state index is 13.9. The summed E-state index contributed by atoms with van der Waals surface area (Å²) in [5, 5.41) is 14.0. The van der Waals surface area contributed by atoms with Gasteiger partial charge in [0.25, 0.3) is 0 Å². The van der Waals surface area contributed by atoms with Crippen LogP contribution in [-0.4, -0.2) is 52.1 Å². The maximum Gasteiger partial charge on any atom is 0.337 e. The van der Waals surface area contributed by atoms with E-state index in [1.165, 1.54) is 17.2 Å². The van der Waals surface area contributed by atoms with Crippen molar-refractivity contribution in [3.05, 3.63) is 88.7 Å². The van der Waals surface area contributed by atoms with Crippen LogP contribution in [0.2, 0.25) is 5.02 Å². The first-order valence-electron chi connectivity index (χ1n) is 13.4. The Hall–Kier alpha value is -4.24. The number of carboxylic acid groups (broad SMARTS) is 1. The summed E-state index contributed by atoms with van der Waals surface area (Å²) in [6, 6.07) is 17.4. The van der Waals surface area contributed by atoms with Crippen LogP contribution in [0.3, 0.4) is 0 Å². The Bertz CT molecular complexity index is 1410. The van der Waals surface area contributed by atoms with Gasteiger partial charge in [-0.3, -0.25) is 19.5 Å². The average Bonchev–Trinajstić information content (AvgIpc) is 3.14. The lowest BCUT2D eigenvalue weighted by atomic mass is 9.93. The minimum absolute atomic E-state index is 0.00942. The highest BCUT2D eigenvalue weighted by Crippen LogP contribution is 2.30. The van der Waals surface area contributed by atoms with E-state index in [1.807, 2.05) is 25.1 Å². The van der Waals surface area contributed by atoms with E-state index in [-0.39, 0.29) is 36.3 Å². The van der Waals surface area contributed by atoms with Crippen LogP contribution < -0.4 is 9.57 Å². The molecule has 1 aliphatic rings. The number of aromatic carboxylic acids is 1. The van der Waals surface area contributed by atoms with Gasteiger partial charge in [-0.25, -0.2) is 4.79 Å². The fraction of sp³-hybridized carbons (Fsp3) is 0.323. The molecule has 1 unspecified atom stereocenters. The fourth-order valence-electron chi connectivity index (χ4n) is 4.82. The van der Waals surface area contributed by atoms with Crippen molar-refractivity contribution < 1.29 is 29.1 Å². The van der Waals surface area contributed by atoms with Crippen LogP contribution in [0.25, 0.3) is 0 Å². The number of nitrogens with zero attached hydrogens (tertiary/aromatic N) is 3. The molecule has 0 bridgehead atoms. The van der Waals surface area contributed by atoms with Gasteiger partial charge < -0.3 is 14.7 Å². The molecule has 2 amide bonds. The van der Waals surface area contributed by atoms with E-state index in [2.05, 4.69) is 10.1 Å². The van der Waals surface area contributed by atoms with Gasteiger partial charge in [-0.1, -0.05) is 41.9 Å². The van der Waals surface area contributed by atoms with Gasteiger partial charge in [-0.05, 0) is 73.7 Å². The molecule has 1 saturated heterocycles. The van der Waals surface area contributed by atoms with Crippen molar-refractivity contribution in [2.75, 3.05) is 13.7 Å². The molecule has 1 aromatic heterocycles. The average molecular weight is 578 g/mol. The number of ether oxygens (including phenoxy) is 1. The minimum Gasteiger partial charge on any atom is -0.496 e. The first-order chi connectivity index (χ1) is 19.8. The van der Waals surface area contributed by atoms with Gasteiger partial charge in [0.1, 0.15) is 5.75 Å². The number of aromatic nitrogens is 1. The second-order valence-corrected chi connectivity index (χ2v) is 10.3. The van der Waals surface area contributed by atoms with Crippen molar-refractivity contribution in [1.29, 1.82) is 0 Å². The third kappa shape index (κ3) is 7.70. The molecular weight excluding hydrogens is 546 g/mol. The Morgan fingerprint density at radius 3 is 2.61 bits per heavy atom. The lowest BCUT2D eigenvalue weighted by Crippen LogP contribution is -2.42. The smallest absolute Gasteiger partial charge is 0.337 e. The van der Waals surface area contributed by atoms with Crippen molar-refractivity contribution >= 4 is 35.1 Å². The molecule has 2 aromatic carbocycles. The van der Waals surface area contributed by atoms with E-state index in [1.54, 1.807) is 43.5 Å². The van der Waals surface area contributed by atoms with Crippen LogP contribution in [0.15, 0.2) is 72.0 Å². The number of oxime groups is 1. The van der Waals surface area contributed by atoms with Crippen molar-refractivity contribution in [2.24, 2.45) is 11.1 Å². The Balaban J connectivity index is 1.59. The molecule has 41 heavy (non-hydrogen) atoms. The highest BCUT2D eigenvalue weighted by molar-refractivity contribution is 6.30. The second-order valence-electron chi connectivity index (χ2n) is 9.86. The maximum atomic E-state index is 13.9. The lowest BCUT2D eigenvalue weighted by Gasteiger charge is -2.25. The number of para-hydroxylation sites is 1. The molecule has 0 spiro atoms. The van der Waals surface area contributed by atoms with E-state index in [4.69, 9.17) is 21.2 Å². The number of rotatable bonds is 10. The van der Waals surface area contributed by atoms with Crippen LogP contribution in [0.5, 0.6) is 11.5 Å². The van der Waals surface area contributed by atoms with Gasteiger partial charge in [0.05, 0.1) is 24.9 Å². The Morgan fingerprint density at radius 2 is 1.95 bits per heavy atom. The Labute approximate surface area is 243 Å². The molecule has 214 valence electrons. The summed E-state index contributed by atoms with van der Waals surface area (Å²) in [6.45, 7) is 1.93. The van der Waals surface area contributed by atoms with Crippen LogP contribution >= 0.6 is 11.6 Å².